The van der Waals surface area contributed by atoms with Gasteiger partial charge in [0, 0.05) is 8.59 Å². The van der Waals surface area contributed by atoms with Gasteiger partial charge in [0.05, 0.1) is 0 Å². The van der Waals surface area contributed by atoms with Crippen molar-refractivity contribution in [3.05, 3.63) is 67.2 Å². The monoisotopic (exact) mass is 384 g/mol. The molecule has 0 aliphatic heterocycles. The minimum Gasteiger partial charge on any atom is -0.384 e. The summed E-state index contributed by atoms with van der Waals surface area (Å²) >= 11 is 8.27. The lowest BCUT2D eigenvalue weighted by Gasteiger charge is -2.15. The molecule has 1 aliphatic carbocycles. The highest BCUT2D eigenvalue weighted by Gasteiger charge is 2.17. The fourth-order valence-corrected chi connectivity index (χ4v) is 3.48. The fourth-order valence-electron chi connectivity index (χ4n) is 2.67. The summed E-state index contributed by atoms with van der Waals surface area (Å²) in [7, 11) is 0. The third-order valence-electron chi connectivity index (χ3n) is 3.69. The molecule has 0 saturated heterocycles. The first-order valence-corrected chi connectivity index (χ1v) is 7.85. The standard InChI is InChI=1S/C16H14ClIO/c17-13-6-7-15(18)14(9-13)16(19)12-5-4-10-2-1-3-11(10)8-12/h4-9,16,19H,1-3H2. The first kappa shape index (κ1) is 13.4. The molecular weight excluding hydrogens is 371 g/mol. The number of aliphatic hydroxyl groups is 1. The van der Waals surface area contributed by atoms with Gasteiger partial charge in [-0.15, -0.1) is 0 Å². The van der Waals surface area contributed by atoms with Crippen LogP contribution in [0, 0.1) is 3.57 Å². The van der Waals surface area contributed by atoms with Gasteiger partial charge in [-0.05, 0) is 82.3 Å². The molecule has 1 nitrogen and oxygen atoms in total. The van der Waals surface area contributed by atoms with E-state index in [0.717, 1.165) is 21.1 Å². The Morgan fingerprint density at radius 2 is 1.84 bits per heavy atom. The van der Waals surface area contributed by atoms with E-state index in [1.807, 2.05) is 24.3 Å². The molecule has 19 heavy (non-hydrogen) atoms. The maximum Gasteiger partial charge on any atom is 0.105 e. The second-order valence-corrected chi connectivity index (χ2v) is 6.55. The number of aryl methyl sites for hydroxylation is 2. The fraction of sp³-hybridized carbons (Fsp3) is 0.250. The quantitative estimate of drug-likeness (QED) is 0.755. The van der Waals surface area contributed by atoms with Crippen molar-refractivity contribution in [1.29, 1.82) is 0 Å². The summed E-state index contributed by atoms with van der Waals surface area (Å²) in [6.07, 6.45) is 2.92. The Hall–Kier alpha value is -0.580. The van der Waals surface area contributed by atoms with E-state index in [-0.39, 0.29) is 0 Å². The van der Waals surface area contributed by atoms with Gasteiger partial charge in [0.25, 0.3) is 0 Å². The van der Waals surface area contributed by atoms with Gasteiger partial charge in [-0.25, -0.2) is 0 Å². The molecule has 1 atom stereocenters. The average Bonchev–Trinajstić information content (AvgIpc) is 2.88. The number of fused-ring (bicyclic) bond motifs is 1. The molecule has 0 fully saturated rings. The highest BCUT2D eigenvalue weighted by molar-refractivity contribution is 14.1. The summed E-state index contributed by atoms with van der Waals surface area (Å²) < 4.78 is 1.04. The van der Waals surface area contributed by atoms with E-state index in [4.69, 9.17) is 11.6 Å². The van der Waals surface area contributed by atoms with Crippen LogP contribution in [0.4, 0.5) is 0 Å². The van der Waals surface area contributed by atoms with E-state index in [1.165, 1.54) is 24.0 Å². The summed E-state index contributed by atoms with van der Waals surface area (Å²) in [4.78, 5) is 0. The zero-order valence-electron chi connectivity index (χ0n) is 10.4. The Kier molecular flexibility index (Phi) is 3.83. The molecule has 2 aromatic rings. The van der Waals surface area contributed by atoms with E-state index in [1.54, 1.807) is 0 Å². The lowest BCUT2D eigenvalue weighted by atomic mass is 9.98. The van der Waals surface area contributed by atoms with Crippen LogP contribution >= 0.6 is 34.2 Å². The summed E-state index contributed by atoms with van der Waals surface area (Å²) in [5.41, 5.74) is 4.65. The number of benzene rings is 2. The molecule has 0 heterocycles. The third-order valence-corrected chi connectivity index (χ3v) is 4.91. The molecule has 0 aromatic heterocycles. The van der Waals surface area contributed by atoms with Crippen LogP contribution in [-0.4, -0.2) is 5.11 Å². The van der Waals surface area contributed by atoms with Crippen LogP contribution in [0.25, 0.3) is 0 Å². The van der Waals surface area contributed by atoms with E-state index in [9.17, 15) is 5.11 Å². The lowest BCUT2D eigenvalue weighted by molar-refractivity contribution is 0.219. The van der Waals surface area contributed by atoms with Gasteiger partial charge in [0.15, 0.2) is 0 Å². The predicted molar refractivity (Wildman–Crippen MR) is 86.7 cm³/mol. The van der Waals surface area contributed by atoms with Crippen molar-refractivity contribution < 1.29 is 5.11 Å². The van der Waals surface area contributed by atoms with Crippen LogP contribution in [0.5, 0.6) is 0 Å². The summed E-state index contributed by atoms with van der Waals surface area (Å²) in [6.45, 7) is 0. The number of aliphatic hydroxyl groups excluding tert-OH is 1. The van der Waals surface area contributed by atoms with Crippen LogP contribution in [0.2, 0.25) is 5.02 Å². The van der Waals surface area contributed by atoms with E-state index < -0.39 is 6.10 Å². The van der Waals surface area contributed by atoms with Crippen molar-refractivity contribution >= 4 is 34.2 Å². The zero-order chi connectivity index (χ0) is 13.4. The Morgan fingerprint density at radius 3 is 2.68 bits per heavy atom. The van der Waals surface area contributed by atoms with Crippen molar-refractivity contribution in [1.82, 2.24) is 0 Å². The predicted octanol–water partition coefficient (Wildman–Crippen LogP) is 4.52. The number of rotatable bonds is 2. The molecule has 3 rings (SSSR count). The van der Waals surface area contributed by atoms with E-state index >= 15 is 0 Å². The zero-order valence-corrected chi connectivity index (χ0v) is 13.3. The van der Waals surface area contributed by atoms with Gasteiger partial charge in [0.1, 0.15) is 6.10 Å². The van der Waals surface area contributed by atoms with Crippen LogP contribution in [-0.2, 0) is 12.8 Å². The topological polar surface area (TPSA) is 20.2 Å². The minimum atomic E-state index is -0.600. The number of halogens is 2. The molecule has 1 N–H and O–H groups in total. The molecule has 3 heteroatoms. The molecule has 0 spiro atoms. The SMILES string of the molecule is OC(c1ccc2c(c1)CCC2)c1cc(Cl)ccc1I. The third kappa shape index (κ3) is 2.67. The molecule has 1 aliphatic rings. The first-order chi connectivity index (χ1) is 9.15. The van der Waals surface area contributed by atoms with Crippen molar-refractivity contribution in [2.45, 2.75) is 25.4 Å². The van der Waals surface area contributed by atoms with Crippen LogP contribution < -0.4 is 0 Å². The van der Waals surface area contributed by atoms with Gasteiger partial charge >= 0.3 is 0 Å². The van der Waals surface area contributed by atoms with Crippen LogP contribution in [0.15, 0.2) is 36.4 Å². The number of hydrogen-bond donors (Lipinski definition) is 1. The van der Waals surface area contributed by atoms with E-state index in [2.05, 4.69) is 34.7 Å². The molecule has 0 bridgehead atoms. The maximum absolute atomic E-state index is 10.6. The van der Waals surface area contributed by atoms with Gasteiger partial charge in [-0.1, -0.05) is 29.8 Å². The molecule has 1 unspecified atom stereocenters. The first-order valence-electron chi connectivity index (χ1n) is 6.40. The normalized spacial score (nSPS) is 15.3. The highest BCUT2D eigenvalue weighted by Crippen LogP contribution is 2.31. The molecule has 0 radical (unpaired) electrons. The van der Waals surface area contributed by atoms with Gasteiger partial charge < -0.3 is 5.11 Å². The Labute approximate surface area is 131 Å². The lowest BCUT2D eigenvalue weighted by Crippen LogP contribution is -2.03. The Bertz CT molecular complexity index is 624. The van der Waals surface area contributed by atoms with Gasteiger partial charge in [0.2, 0.25) is 0 Å². The minimum absolute atomic E-state index is 0.600. The molecule has 98 valence electrons. The van der Waals surface area contributed by atoms with Crippen molar-refractivity contribution in [3.8, 4) is 0 Å². The molecule has 2 aromatic carbocycles. The largest absolute Gasteiger partial charge is 0.384 e. The molecule has 0 saturated carbocycles. The van der Waals surface area contributed by atoms with Crippen LogP contribution in [0.3, 0.4) is 0 Å². The van der Waals surface area contributed by atoms with Crippen molar-refractivity contribution in [3.63, 3.8) is 0 Å². The second kappa shape index (κ2) is 5.43. The van der Waals surface area contributed by atoms with Crippen molar-refractivity contribution in [2.75, 3.05) is 0 Å². The smallest absolute Gasteiger partial charge is 0.105 e. The Balaban J connectivity index is 1.99. The van der Waals surface area contributed by atoms with Crippen molar-refractivity contribution in [2.24, 2.45) is 0 Å². The summed E-state index contributed by atoms with van der Waals surface area (Å²) in [5.74, 6) is 0. The summed E-state index contributed by atoms with van der Waals surface area (Å²) in [5, 5.41) is 11.2. The average molecular weight is 385 g/mol. The summed E-state index contributed by atoms with van der Waals surface area (Å²) in [6, 6.07) is 12.0. The van der Waals surface area contributed by atoms with Gasteiger partial charge in [-0.3, -0.25) is 0 Å². The highest BCUT2D eigenvalue weighted by atomic mass is 127. The molecule has 0 amide bonds. The maximum atomic E-state index is 10.6. The Morgan fingerprint density at radius 1 is 1.05 bits per heavy atom. The second-order valence-electron chi connectivity index (χ2n) is 4.95. The molecular formula is C16H14ClIO. The van der Waals surface area contributed by atoms with E-state index in [0.29, 0.717) is 5.02 Å². The van der Waals surface area contributed by atoms with Gasteiger partial charge in [-0.2, -0.15) is 0 Å². The van der Waals surface area contributed by atoms with Crippen LogP contribution in [0.1, 0.15) is 34.8 Å². The number of hydrogen-bond acceptors (Lipinski definition) is 1.